The second-order valence-corrected chi connectivity index (χ2v) is 26.4. The molecule has 0 amide bonds. The zero-order chi connectivity index (χ0) is 29.8. The van der Waals surface area contributed by atoms with E-state index in [0.29, 0.717) is 42.8 Å². The SMILES string of the molecule is C=C1CC[C@H]2[C@H](CO[Si](C)(C)C(C)(C)C)[C@@H]([C@@]3(C)C/C(=C/O)C(=O)C[C@@H]3CO[Si](C)(C)C(C)(C)C)CC[C@]12C. The maximum atomic E-state index is 13.2. The first-order chi connectivity index (χ1) is 17.6. The van der Waals surface area contributed by atoms with Crippen molar-refractivity contribution in [1.29, 1.82) is 0 Å². The van der Waals surface area contributed by atoms with Crippen LogP contribution in [0.2, 0.25) is 36.3 Å². The molecule has 0 heterocycles. The van der Waals surface area contributed by atoms with Crippen LogP contribution in [0.15, 0.2) is 24.0 Å². The summed E-state index contributed by atoms with van der Waals surface area (Å²) in [6.07, 6.45) is 6.72. The Balaban J connectivity index is 2.02. The molecule has 0 radical (unpaired) electrons. The van der Waals surface area contributed by atoms with Crippen molar-refractivity contribution in [3.8, 4) is 0 Å². The highest BCUT2D eigenvalue weighted by Crippen LogP contribution is 2.64. The number of allylic oxidation sites excluding steroid dienone is 2. The highest BCUT2D eigenvalue weighted by molar-refractivity contribution is 6.74. The molecule has 3 fully saturated rings. The Kier molecular flexibility index (Phi) is 9.13. The zero-order valence-electron chi connectivity index (χ0n) is 27.4. The van der Waals surface area contributed by atoms with E-state index in [0.717, 1.165) is 32.1 Å². The number of hydrogen-bond acceptors (Lipinski definition) is 4. The number of carbonyl (C=O) groups is 1. The molecule has 3 rings (SSSR count). The van der Waals surface area contributed by atoms with E-state index in [1.807, 2.05) is 0 Å². The van der Waals surface area contributed by atoms with Crippen molar-refractivity contribution >= 4 is 22.4 Å². The number of carbonyl (C=O) groups excluding carboxylic acids is 1. The van der Waals surface area contributed by atoms with E-state index >= 15 is 0 Å². The number of hydrogen-bond donors (Lipinski definition) is 1. The summed E-state index contributed by atoms with van der Waals surface area (Å²) in [5.41, 5.74) is 2.04. The maximum absolute atomic E-state index is 13.2. The Bertz CT molecular complexity index is 969. The molecule has 0 bridgehead atoms. The van der Waals surface area contributed by atoms with Gasteiger partial charge < -0.3 is 14.0 Å². The van der Waals surface area contributed by atoms with E-state index in [1.54, 1.807) is 0 Å². The van der Waals surface area contributed by atoms with Gasteiger partial charge in [-0.25, -0.2) is 0 Å². The predicted molar refractivity (Wildman–Crippen MR) is 169 cm³/mol. The van der Waals surface area contributed by atoms with E-state index in [9.17, 15) is 9.90 Å². The molecule has 39 heavy (non-hydrogen) atoms. The van der Waals surface area contributed by atoms with Gasteiger partial charge >= 0.3 is 0 Å². The van der Waals surface area contributed by atoms with Crippen LogP contribution in [0.3, 0.4) is 0 Å². The summed E-state index contributed by atoms with van der Waals surface area (Å²) in [6.45, 7) is 33.9. The summed E-state index contributed by atoms with van der Waals surface area (Å²) in [7, 11) is -3.91. The van der Waals surface area contributed by atoms with Crippen LogP contribution in [-0.4, -0.2) is 40.7 Å². The number of aliphatic hydroxyl groups excluding tert-OH is 1. The summed E-state index contributed by atoms with van der Waals surface area (Å²) in [6, 6.07) is 0. The van der Waals surface area contributed by atoms with Crippen molar-refractivity contribution in [2.45, 2.75) is 130 Å². The summed E-state index contributed by atoms with van der Waals surface area (Å²) in [5, 5.41) is 10.4. The highest BCUT2D eigenvalue weighted by atomic mass is 28.4. The molecule has 3 aliphatic carbocycles. The van der Waals surface area contributed by atoms with Crippen molar-refractivity contribution in [2.75, 3.05) is 13.2 Å². The van der Waals surface area contributed by atoms with E-state index in [4.69, 9.17) is 8.85 Å². The normalized spacial score (nSPS) is 35.9. The number of fused-ring (bicyclic) bond motifs is 1. The fourth-order valence-corrected chi connectivity index (χ4v) is 9.43. The Hall–Kier alpha value is -0.696. The molecule has 0 unspecified atom stereocenters. The lowest BCUT2D eigenvalue weighted by Crippen LogP contribution is -2.54. The lowest BCUT2D eigenvalue weighted by Gasteiger charge is -2.57. The van der Waals surface area contributed by atoms with E-state index < -0.39 is 16.6 Å². The topological polar surface area (TPSA) is 55.8 Å². The molecule has 0 aromatic carbocycles. The molecule has 4 nitrogen and oxygen atoms in total. The van der Waals surface area contributed by atoms with Crippen LogP contribution < -0.4 is 0 Å². The van der Waals surface area contributed by atoms with E-state index in [1.165, 1.54) is 12.0 Å². The molecule has 1 N–H and O–H groups in total. The van der Waals surface area contributed by atoms with Gasteiger partial charge in [0.15, 0.2) is 22.4 Å². The molecular weight excluding hydrogens is 517 g/mol. The lowest BCUT2D eigenvalue weighted by molar-refractivity contribution is -0.126. The Morgan fingerprint density at radius 1 is 0.949 bits per heavy atom. The van der Waals surface area contributed by atoms with Crippen molar-refractivity contribution in [3.05, 3.63) is 24.0 Å². The molecule has 0 aromatic rings. The minimum atomic E-state index is -1.97. The van der Waals surface area contributed by atoms with Crippen LogP contribution in [0.5, 0.6) is 0 Å². The summed E-state index contributed by atoms with van der Waals surface area (Å²) in [5.74, 6) is 1.58. The van der Waals surface area contributed by atoms with Crippen LogP contribution in [0.1, 0.15) is 93.9 Å². The molecule has 0 saturated heterocycles. The van der Waals surface area contributed by atoms with Gasteiger partial charge in [-0.3, -0.25) is 4.79 Å². The van der Waals surface area contributed by atoms with Gasteiger partial charge in [0.05, 0.1) is 6.26 Å². The fraction of sp³-hybridized carbons (Fsp3) is 0.848. The van der Waals surface area contributed by atoms with E-state index in [2.05, 4.69) is 88.2 Å². The van der Waals surface area contributed by atoms with Gasteiger partial charge in [0.2, 0.25) is 0 Å². The quantitative estimate of drug-likeness (QED) is 0.142. The monoisotopic (exact) mass is 576 g/mol. The largest absolute Gasteiger partial charge is 0.515 e. The van der Waals surface area contributed by atoms with Gasteiger partial charge in [-0.15, -0.1) is 0 Å². The first-order valence-electron chi connectivity index (χ1n) is 15.4. The minimum absolute atomic E-state index is 0.0859. The van der Waals surface area contributed by atoms with Crippen LogP contribution in [-0.2, 0) is 13.6 Å². The molecule has 3 aliphatic rings. The smallest absolute Gasteiger partial charge is 0.191 e. The molecule has 0 aromatic heterocycles. The molecule has 0 aliphatic heterocycles. The highest BCUT2D eigenvalue weighted by Gasteiger charge is 2.58. The Morgan fingerprint density at radius 2 is 1.49 bits per heavy atom. The standard InChI is InChI=1S/C33H60O4Si2/c1-23-14-15-27-26(22-37-39(12,13)31(5,6)7)28(16-17-32(23,27)8)33(9)19-24(20-34)29(35)18-25(33)21-36-38(10,11)30(2,3)4/h20,25-28,34H,1,14-19,21-22H2,2-13H3/b24-20-/t25-,26+,27+,28+,32-,33+/m1/s1. The summed E-state index contributed by atoms with van der Waals surface area (Å²) in [4.78, 5) is 13.2. The van der Waals surface area contributed by atoms with Gasteiger partial charge in [0, 0.05) is 25.2 Å². The summed E-state index contributed by atoms with van der Waals surface area (Å²) >= 11 is 0. The van der Waals surface area contributed by atoms with E-state index in [-0.39, 0.29) is 32.6 Å². The lowest BCUT2D eigenvalue weighted by atomic mass is 9.49. The van der Waals surface area contributed by atoms with Crippen LogP contribution >= 0.6 is 0 Å². The second kappa shape index (κ2) is 10.9. The molecular formula is C33H60O4Si2. The van der Waals surface area contributed by atoms with Crippen molar-refractivity contribution in [3.63, 3.8) is 0 Å². The third-order valence-corrected chi connectivity index (χ3v) is 21.6. The number of rotatable bonds is 7. The van der Waals surface area contributed by atoms with Gasteiger partial charge in [-0.05, 0) is 103 Å². The average Bonchev–Trinajstić information content (AvgIpc) is 3.10. The number of Topliss-reactive ketones (excluding diaryl/α,β-unsaturated/α-hetero) is 1. The first-order valence-corrected chi connectivity index (χ1v) is 21.2. The Labute approximate surface area is 242 Å². The number of aliphatic hydroxyl groups is 1. The Morgan fingerprint density at radius 3 is 2.00 bits per heavy atom. The second-order valence-electron chi connectivity index (χ2n) is 16.8. The molecule has 3 saturated carbocycles. The third-order valence-electron chi connectivity index (χ3n) is 12.6. The third kappa shape index (κ3) is 6.10. The van der Waals surface area contributed by atoms with Gasteiger partial charge in [0.25, 0.3) is 0 Å². The maximum Gasteiger partial charge on any atom is 0.191 e. The molecule has 6 heteroatoms. The predicted octanol–water partition coefficient (Wildman–Crippen LogP) is 9.46. The number of ketones is 1. The molecule has 6 atom stereocenters. The fourth-order valence-electron chi connectivity index (χ4n) is 7.33. The zero-order valence-corrected chi connectivity index (χ0v) is 29.4. The van der Waals surface area contributed by atoms with Crippen LogP contribution in [0, 0.1) is 34.5 Å². The molecule has 224 valence electrons. The van der Waals surface area contributed by atoms with Crippen molar-refractivity contribution in [1.82, 2.24) is 0 Å². The van der Waals surface area contributed by atoms with Gasteiger partial charge in [-0.1, -0.05) is 67.5 Å². The van der Waals surface area contributed by atoms with Gasteiger partial charge in [0.1, 0.15) is 0 Å². The molecule has 0 spiro atoms. The van der Waals surface area contributed by atoms with Gasteiger partial charge in [-0.2, -0.15) is 0 Å². The van der Waals surface area contributed by atoms with Crippen molar-refractivity contribution in [2.24, 2.45) is 34.5 Å². The average molecular weight is 577 g/mol. The minimum Gasteiger partial charge on any atom is -0.515 e. The van der Waals surface area contributed by atoms with Crippen LogP contribution in [0.25, 0.3) is 0 Å². The summed E-state index contributed by atoms with van der Waals surface area (Å²) < 4.78 is 13.8. The first kappa shape index (κ1) is 32.8. The van der Waals surface area contributed by atoms with Crippen LogP contribution in [0.4, 0.5) is 0 Å². The van der Waals surface area contributed by atoms with Crippen molar-refractivity contribution < 1.29 is 18.8 Å².